The number of ether oxygens (including phenoxy) is 7. The van der Waals surface area contributed by atoms with Crippen molar-refractivity contribution in [1.82, 2.24) is 5.32 Å². The molecule has 0 aliphatic heterocycles. The molecule has 0 unspecified atom stereocenters. The van der Waals surface area contributed by atoms with Crippen LogP contribution in [-0.2, 0) is 33.4 Å². The lowest BCUT2D eigenvalue weighted by Gasteiger charge is -2.07. The monoisotopic (exact) mass is 1170 g/mol. The fourth-order valence-corrected chi connectivity index (χ4v) is 5.54. The first-order valence-electron chi connectivity index (χ1n) is 21.3. The molecule has 21 heteroatoms. The van der Waals surface area contributed by atoms with Crippen molar-refractivity contribution >= 4 is 99.2 Å². The second kappa shape index (κ2) is 40.2. The maximum absolute atomic E-state index is 11.5. The Kier molecular flexibility index (Phi) is 36.8. The number of rotatable bonds is 18. The average Bonchev–Trinajstić information content (AvgIpc) is 3.42. The van der Waals surface area contributed by atoms with Crippen molar-refractivity contribution in [2.45, 2.75) is 6.92 Å². The Labute approximate surface area is 454 Å². The number of carboxylic acid groups (broad SMARTS) is 2. The van der Waals surface area contributed by atoms with Gasteiger partial charge in [-0.25, -0.2) is 24.0 Å². The number of carbonyl (C=O) groups excluding carboxylic acids is 6. The van der Waals surface area contributed by atoms with Gasteiger partial charge in [-0.05, 0) is 131 Å². The molecule has 4 aromatic carbocycles. The number of carbonyl (C=O) groups is 8. The minimum atomic E-state index is -1.06. The summed E-state index contributed by atoms with van der Waals surface area (Å²) in [6.45, 7) is 12.3. The number of esters is 3. The first kappa shape index (κ1) is 68.7. The van der Waals surface area contributed by atoms with Gasteiger partial charge in [-0.15, -0.1) is 13.2 Å². The van der Waals surface area contributed by atoms with Gasteiger partial charge >= 0.3 is 29.8 Å². The third kappa shape index (κ3) is 29.1. The van der Waals surface area contributed by atoms with Crippen molar-refractivity contribution in [3.8, 4) is 23.0 Å². The van der Waals surface area contributed by atoms with Crippen LogP contribution in [-0.4, -0.2) is 120 Å². The molecule has 19 nitrogen and oxygen atoms in total. The number of aliphatic carboxylic acids is 2. The number of hydrogen-bond acceptors (Lipinski definition) is 16. The van der Waals surface area contributed by atoms with E-state index in [-0.39, 0.29) is 23.2 Å². The van der Waals surface area contributed by atoms with E-state index >= 15 is 0 Å². The van der Waals surface area contributed by atoms with Gasteiger partial charge in [0.15, 0.2) is 5.78 Å². The zero-order valence-corrected chi connectivity index (χ0v) is 45.4. The SMILES string of the molecule is C=CC(=O)O.C=CCN.C=CCNC(=O)/C=C/c1ccc(OC)c(C(C)=O)c1.COC(=O)c1cc(/C=C/C(=O)Cl)ccc1OC.COC(=O)c1cc(/C=C/C(=O)O)ccc1OC.COC(=O)c1cc(I)ccc1OC. The summed E-state index contributed by atoms with van der Waals surface area (Å²) >= 11 is 7.30. The quantitative estimate of drug-likeness (QED) is 0.0138. The molecule has 0 bridgehead atoms. The molecule has 0 atom stereocenters. The van der Waals surface area contributed by atoms with Crippen LogP contribution >= 0.6 is 34.2 Å². The van der Waals surface area contributed by atoms with Gasteiger partial charge in [0.2, 0.25) is 11.1 Å². The predicted octanol–water partition coefficient (Wildman–Crippen LogP) is 8.53. The van der Waals surface area contributed by atoms with E-state index < -0.39 is 29.1 Å². The Bertz CT molecular complexity index is 2590. The fourth-order valence-electron chi connectivity index (χ4n) is 4.98. The highest BCUT2D eigenvalue weighted by Gasteiger charge is 2.15. The third-order valence-electron chi connectivity index (χ3n) is 8.44. The van der Waals surface area contributed by atoms with Crippen molar-refractivity contribution in [1.29, 1.82) is 0 Å². The molecule has 0 heterocycles. The van der Waals surface area contributed by atoms with E-state index in [2.05, 4.69) is 61.9 Å². The normalized spacial score (nSPS) is 9.64. The zero-order valence-electron chi connectivity index (χ0n) is 42.5. The van der Waals surface area contributed by atoms with E-state index in [1.54, 1.807) is 78.9 Å². The Balaban J connectivity index is 0. The molecule has 0 saturated heterocycles. The second-order valence-corrected chi connectivity index (χ2v) is 15.1. The lowest BCUT2D eigenvalue weighted by molar-refractivity contribution is -0.132. The van der Waals surface area contributed by atoms with Gasteiger partial charge in [-0.1, -0.05) is 43.0 Å². The Morgan fingerprint density at radius 3 is 1.23 bits per heavy atom. The van der Waals surface area contributed by atoms with E-state index in [4.69, 9.17) is 46.5 Å². The maximum Gasteiger partial charge on any atom is 0.341 e. The molecule has 0 spiro atoms. The van der Waals surface area contributed by atoms with Crippen LogP contribution in [0.3, 0.4) is 0 Å². The lowest BCUT2D eigenvalue weighted by atomic mass is 10.1. The van der Waals surface area contributed by atoms with Gasteiger partial charge in [0.1, 0.15) is 39.7 Å². The van der Waals surface area contributed by atoms with Crippen molar-refractivity contribution in [2.24, 2.45) is 5.73 Å². The van der Waals surface area contributed by atoms with E-state index in [1.165, 1.54) is 87.1 Å². The number of carboxylic acids is 2. The summed E-state index contributed by atoms with van der Waals surface area (Å²) < 4.78 is 35.0. The molecule has 5 N–H and O–H groups in total. The standard InChI is InChI=1S/C15H17NO3.C12H11ClO4.C12H12O5.C9H9IO3.C3H7N.C3H4O2/c1-4-9-16-15(18)8-6-12-5-7-14(19-3)13(10-12)11(2)17;2*1-16-10-5-3-8(4-6-11(13)14)7-9(10)12(15)17-2;1-12-8-4-3-6(10)5-7(8)9(11)13-2;1-2-3-4;1-2-3(4)5/h4-8,10H,1,9H2,2-3H3,(H,16,18);3-7H,1-2H3;3-7H,1-2H3,(H,13,14);3-5H,1-2H3;2H,1,3-4H2;2H,1H2,(H,4,5)/b8-6+;2*6-4+;;;. The highest BCUT2D eigenvalue weighted by atomic mass is 127. The summed E-state index contributed by atoms with van der Waals surface area (Å²) in [5.41, 5.74) is 8.40. The molecule has 75 heavy (non-hydrogen) atoms. The number of nitrogens with two attached hydrogens (primary N) is 1. The topological polar surface area (TPSA) is 280 Å². The number of nitrogens with one attached hydrogen (secondary N) is 1. The van der Waals surface area contributed by atoms with Crippen LogP contribution in [0.15, 0.2) is 129 Å². The van der Waals surface area contributed by atoms with Crippen LogP contribution < -0.4 is 30.0 Å². The van der Waals surface area contributed by atoms with Gasteiger partial charge in [-0.2, -0.15) is 0 Å². The van der Waals surface area contributed by atoms with Crippen LogP contribution in [0, 0.1) is 3.57 Å². The highest BCUT2D eigenvalue weighted by Crippen LogP contribution is 2.24. The average molecular weight is 1170 g/mol. The molecule has 1 amide bonds. The molecule has 4 rings (SSSR count). The molecule has 0 radical (unpaired) electrons. The van der Waals surface area contributed by atoms with E-state index in [1.807, 2.05) is 6.07 Å². The van der Waals surface area contributed by atoms with Crippen molar-refractivity contribution in [3.05, 3.63) is 172 Å². The highest BCUT2D eigenvalue weighted by molar-refractivity contribution is 14.1. The second-order valence-electron chi connectivity index (χ2n) is 13.5. The summed E-state index contributed by atoms with van der Waals surface area (Å²) in [5.74, 6) is -1.89. The number of ketones is 1. The summed E-state index contributed by atoms with van der Waals surface area (Å²) in [4.78, 5) is 87.2. The first-order valence-corrected chi connectivity index (χ1v) is 22.7. The van der Waals surface area contributed by atoms with Crippen LogP contribution in [0.25, 0.3) is 18.2 Å². The smallest absolute Gasteiger partial charge is 0.341 e. The fraction of sp³-hybridized carbons (Fsp3) is 0.185. The number of methoxy groups -OCH3 is 7. The van der Waals surface area contributed by atoms with Crippen molar-refractivity contribution < 1.29 is 81.7 Å². The van der Waals surface area contributed by atoms with Gasteiger partial charge in [0.05, 0.1) is 55.3 Å². The number of hydrogen-bond donors (Lipinski definition) is 4. The number of allylic oxidation sites excluding steroid dienone is 1. The molecule has 0 aliphatic carbocycles. The van der Waals surface area contributed by atoms with E-state index in [0.717, 1.165) is 21.3 Å². The van der Waals surface area contributed by atoms with Crippen LogP contribution in [0.1, 0.15) is 65.0 Å². The molecule has 0 fully saturated rings. The molecular weight excluding hydrogens is 1110 g/mol. The Hall–Kier alpha value is -8.34. The summed E-state index contributed by atoms with van der Waals surface area (Å²) in [7, 11) is 9.83. The van der Waals surface area contributed by atoms with Gasteiger partial charge < -0.3 is 54.4 Å². The van der Waals surface area contributed by atoms with Crippen LogP contribution in [0.5, 0.6) is 23.0 Å². The summed E-state index contributed by atoms with van der Waals surface area (Å²) in [6.07, 6.45) is 12.2. The lowest BCUT2D eigenvalue weighted by Crippen LogP contribution is -2.20. The Morgan fingerprint density at radius 2 is 0.907 bits per heavy atom. The molecule has 0 saturated carbocycles. The van der Waals surface area contributed by atoms with Crippen molar-refractivity contribution in [3.63, 3.8) is 0 Å². The minimum Gasteiger partial charge on any atom is -0.496 e. The van der Waals surface area contributed by atoms with Gasteiger partial charge in [0.25, 0.3) is 0 Å². The Morgan fingerprint density at radius 1 is 0.560 bits per heavy atom. The van der Waals surface area contributed by atoms with E-state index in [9.17, 15) is 38.4 Å². The molecular formula is C54H60ClIN2O17. The summed E-state index contributed by atoms with van der Waals surface area (Å²) in [6, 6.07) is 20.1. The number of benzene rings is 4. The van der Waals surface area contributed by atoms with Gasteiger partial charge in [0, 0.05) is 34.9 Å². The zero-order chi connectivity index (χ0) is 57.5. The number of Topliss-reactive ketones (excluding diaryl/α,β-unsaturated/α-hetero) is 1. The third-order valence-corrected chi connectivity index (χ3v) is 9.24. The minimum absolute atomic E-state index is 0.0804. The van der Waals surface area contributed by atoms with Crippen LogP contribution in [0.4, 0.5) is 0 Å². The van der Waals surface area contributed by atoms with Crippen molar-refractivity contribution in [2.75, 3.05) is 62.9 Å². The molecule has 4 aromatic rings. The first-order chi connectivity index (χ1) is 35.6. The number of halogens is 2. The maximum atomic E-state index is 11.5. The van der Waals surface area contributed by atoms with E-state index in [0.29, 0.717) is 63.9 Å². The van der Waals surface area contributed by atoms with Crippen LogP contribution in [0.2, 0.25) is 0 Å². The number of amides is 1. The molecule has 402 valence electrons. The van der Waals surface area contributed by atoms with Gasteiger partial charge in [-0.3, -0.25) is 14.4 Å². The summed E-state index contributed by atoms with van der Waals surface area (Å²) in [5, 5.41) is 18.1. The molecule has 0 aromatic heterocycles. The largest absolute Gasteiger partial charge is 0.496 e. The predicted molar refractivity (Wildman–Crippen MR) is 295 cm³/mol. The molecule has 0 aliphatic rings.